The molecule has 0 saturated heterocycles. The van der Waals surface area contributed by atoms with Crippen molar-refractivity contribution in [2.24, 2.45) is 38.8 Å². The fourth-order valence-electron chi connectivity index (χ4n) is 6.75. The first-order valence-corrected chi connectivity index (χ1v) is 21.1. The van der Waals surface area contributed by atoms with Gasteiger partial charge in [0, 0.05) is 36.9 Å². The molecule has 4 atom stereocenters. The van der Waals surface area contributed by atoms with E-state index in [0.29, 0.717) is 27.9 Å². The van der Waals surface area contributed by atoms with Crippen molar-refractivity contribution in [3.8, 4) is 0 Å². The number of nitrogens with zero attached hydrogens (tertiary/aromatic N) is 2. The molecule has 4 aromatic carbocycles. The number of aliphatic carboxylic acids is 1. The molecule has 0 aromatic heterocycles. The standard InChI is InChI=1S/C47H57FN10O7/c1-28(2)25-37(42(61)56-36(45(64)65)9-6-24-53-46(49)50)57-44(63)39(27-31-14-21-35(22-15-31)54-47(51)52)58-43(62)38(26-30-12-19-34(48)20-13-30)55-40(59)23-16-29-10-17-33(18-11-29)41(60)32-7-4-3-5-8-32/h3-5,7-8,10-15,17-22,28,36-39H,6,9,16,23-27H2,1-2H3,(H,55,59)(H,56,61)(H,57,63)(H,58,62)(H,64,65)(H4,49,50,53)(H4,51,52,54)/t36-,37-,38-,39-/m0/s1. The molecule has 65 heavy (non-hydrogen) atoms. The van der Waals surface area contributed by atoms with E-state index in [1.54, 1.807) is 72.8 Å². The van der Waals surface area contributed by atoms with Gasteiger partial charge in [0.15, 0.2) is 17.7 Å². The van der Waals surface area contributed by atoms with Crippen LogP contribution in [0.25, 0.3) is 0 Å². The Bertz CT molecular complexity index is 2300. The van der Waals surface area contributed by atoms with Gasteiger partial charge in [-0.2, -0.15) is 0 Å². The molecule has 0 bridgehead atoms. The molecule has 0 heterocycles. The number of aliphatic imine (C=N–C) groups is 2. The van der Waals surface area contributed by atoms with Crippen molar-refractivity contribution in [3.63, 3.8) is 0 Å². The molecule has 18 heteroatoms. The molecular weight excluding hydrogens is 836 g/mol. The SMILES string of the molecule is CC(C)C[C@H](NC(=O)[C@H](Cc1ccc(N=C(N)N)cc1)NC(=O)[C@H](Cc1ccc(F)cc1)NC(=O)CCc1ccc(C(=O)c2ccccc2)cc1)C(=O)N[C@@H](CCCN=C(N)N)C(=O)O. The molecule has 4 amide bonds. The Labute approximate surface area is 376 Å². The second-order valence-corrected chi connectivity index (χ2v) is 15.9. The number of benzene rings is 4. The second kappa shape index (κ2) is 24.9. The third kappa shape index (κ3) is 17.2. The molecular formula is C47H57FN10O7. The van der Waals surface area contributed by atoms with E-state index in [1.807, 2.05) is 19.9 Å². The van der Waals surface area contributed by atoms with Gasteiger partial charge in [-0.15, -0.1) is 0 Å². The van der Waals surface area contributed by atoms with E-state index in [-0.39, 0.29) is 75.1 Å². The summed E-state index contributed by atoms with van der Waals surface area (Å²) in [4.78, 5) is 88.6. The van der Waals surface area contributed by atoms with Crippen molar-refractivity contribution in [3.05, 3.63) is 137 Å². The Morgan fingerprint density at radius 2 is 1.12 bits per heavy atom. The van der Waals surface area contributed by atoms with Crippen LogP contribution in [0.15, 0.2) is 113 Å². The Hall–Kier alpha value is -7.63. The molecule has 0 aliphatic carbocycles. The van der Waals surface area contributed by atoms with E-state index in [0.717, 1.165) is 5.56 Å². The van der Waals surface area contributed by atoms with Gasteiger partial charge in [-0.1, -0.05) is 92.7 Å². The zero-order valence-corrected chi connectivity index (χ0v) is 36.3. The first-order valence-electron chi connectivity index (χ1n) is 21.1. The summed E-state index contributed by atoms with van der Waals surface area (Å²) in [5.74, 6) is -5.18. The van der Waals surface area contributed by atoms with Crippen molar-refractivity contribution in [1.82, 2.24) is 21.3 Å². The van der Waals surface area contributed by atoms with E-state index in [4.69, 9.17) is 22.9 Å². The van der Waals surface area contributed by atoms with E-state index < -0.39 is 59.6 Å². The Balaban J connectivity index is 1.56. The monoisotopic (exact) mass is 892 g/mol. The number of carbonyl (C=O) groups excluding carboxylic acids is 5. The highest BCUT2D eigenvalue weighted by Gasteiger charge is 2.32. The molecule has 4 aromatic rings. The summed E-state index contributed by atoms with van der Waals surface area (Å²) in [6.07, 6.45) is 0.413. The van der Waals surface area contributed by atoms with Crippen LogP contribution in [-0.2, 0) is 43.2 Å². The fourth-order valence-corrected chi connectivity index (χ4v) is 6.75. The topological polar surface area (TPSA) is 300 Å². The summed E-state index contributed by atoms with van der Waals surface area (Å²) in [5.41, 5.74) is 25.1. The Morgan fingerprint density at radius 1 is 0.615 bits per heavy atom. The highest BCUT2D eigenvalue weighted by molar-refractivity contribution is 6.09. The third-order valence-electron chi connectivity index (χ3n) is 10.1. The Morgan fingerprint density at radius 3 is 1.68 bits per heavy atom. The summed E-state index contributed by atoms with van der Waals surface area (Å²) in [6.45, 7) is 3.77. The number of rotatable bonds is 24. The highest BCUT2D eigenvalue weighted by Crippen LogP contribution is 2.17. The van der Waals surface area contributed by atoms with E-state index in [9.17, 15) is 38.3 Å². The first kappa shape index (κ1) is 50.0. The molecule has 13 N–H and O–H groups in total. The predicted molar refractivity (Wildman–Crippen MR) is 245 cm³/mol. The molecule has 4 rings (SSSR count). The number of nitrogens with one attached hydrogen (secondary N) is 4. The number of hydrogen-bond acceptors (Lipinski definition) is 8. The van der Waals surface area contributed by atoms with Crippen molar-refractivity contribution in [2.75, 3.05) is 6.54 Å². The Kier molecular flexibility index (Phi) is 19.1. The minimum Gasteiger partial charge on any atom is -0.480 e. The number of carboxylic acids is 1. The number of ketones is 1. The van der Waals surface area contributed by atoms with Gasteiger partial charge in [-0.25, -0.2) is 14.2 Å². The lowest BCUT2D eigenvalue weighted by Crippen LogP contribution is -2.58. The van der Waals surface area contributed by atoms with Gasteiger partial charge in [0.1, 0.15) is 30.0 Å². The number of halogens is 1. The fraction of sp³-hybridized carbons (Fsp3) is 0.319. The average Bonchev–Trinajstić information content (AvgIpc) is 3.27. The van der Waals surface area contributed by atoms with Gasteiger partial charge < -0.3 is 49.3 Å². The highest BCUT2D eigenvalue weighted by atomic mass is 19.1. The normalized spacial score (nSPS) is 12.7. The van der Waals surface area contributed by atoms with E-state index in [2.05, 4.69) is 31.3 Å². The molecule has 0 saturated carbocycles. The number of hydrogen-bond donors (Lipinski definition) is 9. The molecule has 344 valence electrons. The van der Waals surface area contributed by atoms with Crippen LogP contribution in [0.3, 0.4) is 0 Å². The smallest absolute Gasteiger partial charge is 0.326 e. The summed E-state index contributed by atoms with van der Waals surface area (Å²) >= 11 is 0. The third-order valence-corrected chi connectivity index (χ3v) is 10.1. The molecule has 0 aliphatic rings. The maximum atomic E-state index is 14.3. The number of aryl methyl sites for hydroxylation is 1. The average molecular weight is 893 g/mol. The second-order valence-electron chi connectivity index (χ2n) is 15.9. The van der Waals surface area contributed by atoms with Crippen LogP contribution in [0, 0.1) is 11.7 Å². The van der Waals surface area contributed by atoms with Crippen LogP contribution in [-0.4, -0.2) is 83.1 Å². The number of nitrogens with two attached hydrogens (primary N) is 4. The summed E-state index contributed by atoms with van der Waals surface area (Å²) in [6, 6.07) is 22.5. The van der Waals surface area contributed by atoms with Gasteiger partial charge in [0.25, 0.3) is 0 Å². The van der Waals surface area contributed by atoms with E-state index >= 15 is 0 Å². The zero-order chi connectivity index (χ0) is 47.5. The molecule has 0 aliphatic heterocycles. The van der Waals surface area contributed by atoms with Gasteiger partial charge in [-0.3, -0.25) is 29.0 Å². The molecule has 0 radical (unpaired) electrons. The molecule has 17 nitrogen and oxygen atoms in total. The minimum absolute atomic E-state index is 0.00205. The van der Waals surface area contributed by atoms with Crippen LogP contribution in [0.4, 0.5) is 10.1 Å². The number of amides is 4. The van der Waals surface area contributed by atoms with Gasteiger partial charge in [-0.05, 0) is 72.6 Å². The summed E-state index contributed by atoms with van der Waals surface area (Å²) in [5, 5.41) is 20.6. The minimum atomic E-state index is -1.33. The van der Waals surface area contributed by atoms with Crippen LogP contribution in [0.5, 0.6) is 0 Å². The summed E-state index contributed by atoms with van der Waals surface area (Å²) < 4.78 is 13.9. The molecule has 0 spiro atoms. The lowest BCUT2D eigenvalue weighted by atomic mass is 9.99. The van der Waals surface area contributed by atoms with Gasteiger partial charge in [0.2, 0.25) is 23.6 Å². The lowest BCUT2D eigenvalue weighted by molar-refractivity contribution is -0.142. The number of carbonyl (C=O) groups is 6. The first-order chi connectivity index (χ1) is 31.0. The van der Waals surface area contributed by atoms with E-state index in [1.165, 1.54) is 24.3 Å². The largest absolute Gasteiger partial charge is 0.480 e. The van der Waals surface area contributed by atoms with Crippen molar-refractivity contribution in [2.45, 2.75) is 83.0 Å². The predicted octanol–water partition coefficient (Wildman–Crippen LogP) is 2.50. The quantitative estimate of drug-likeness (QED) is 0.0213. The van der Waals surface area contributed by atoms with Crippen LogP contribution in [0.2, 0.25) is 0 Å². The molecule has 0 fully saturated rings. The van der Waals surface area contributed by atoms with Crippen LogP contribution < -0.4 is 44.2 Å². The van der Waals surface area contributed by atoms with Crippen molar-refractivity contribution in [1.29, 1.82) is 0 Å². The van der Waals surface area contributed by atoms with Crippen molar-refractivity contribution < 1.29 is 38.3 Å². The molecule has 0 unspecified atom stereocenters. The number of carboxylic acid groups (broad SMARTS) is 1. The maximum absolute atomic E-state index is 14.3. The van der Waals surface area contributed by atoms with Gasteiger partial charge in [0.05, 0.1) is 5.69 Å². The lowest BCUT2D eigenvalue weighted by Gasteiger charge is -2.27. The zero-order valence-electron chi connectivity index (χ0n) is 36.3. The number of guanidine groups is 2. The van der Waals surface area contributed by atoms with Crippen LogP contribution >= 0.6 is 0 Å². The summed E-state index contributed by atoms with van der Waals surface area (Å²) in [7, 11) is 0. The maximum Gasteiger partial charge on any atom is 0.326 e. The van der Waals surface area contributed by atoms with Crippen LogP contribution in [0.1, 0.15) is 72.1 Å². The van der Waals surface area contributed by atoms with Gasteiger partial charge >= 0.3 is 5.97 Å². The van der Waals surface area contributed by atoms with Crippen molar-refractivity contribution >= 4 is 53.0 Å².